The van der Waals surface area contributed by atoms with E-state index in [1.54, 1.807) is 6.92 Å². The first-order valence-corrected chi connectivity index (χ1v) is 10.5. The summed E-state index contributed by atoms with van der Waals surface area (Å²) in [5.74, 6) is 1.79. The molecule has 0 aliphatic rings. The second-order valence-electron chi connectivity index (χ2n) is 6.02. The van der Waals surface area contributed by atoms with Crippen molar-refractivity contribution < 1.29 is 9.53 Å². The third kappa shape index (κ3) is 4.45. The number of thioether (sulfide) groups is 1. The van der Waals surface area contributed by atoms with Crippen molar-refractivity contribution in [2.75, 3.05) is 12.4 Å². The number of pyridine rings is 1. The van der Waals surface area contributed by atoms with Crippen molar-refractivity contribution in [1.29, 1.82) is 0 Å². The number of carbonyl (C=O) groups is 1. The van der Waals surface area contributed by atoms with Crippen molar-refractivity contribution in [2.24, 2.45) is 0 Å². The fourth-order valence-corrected chi connectivity index (χ4v) is 3.95. The minimum Gasteiger partial charge on any atom is -0.374 e. The Kier molecular flexibility index (Phi) is 6.67. The predicted molar refractivity (Wildman–Crippen MR) is 110 cm³/mol. The molecule has 0 fully saturated rings. The first kappa shape index (κ1) is 19.3. The van der Waals surface area contributed by atoms with Gasteiger partial charge in [-0.15, -0.1) is 0 Å². The maximum atomic E-state index is 11.1. The molecule has 0 amide bonds. The van der Waals surface area contributed by atoms with Crippen LogP contribution in [0.15, 0.2) is 28.9 Å². The summed E-state index contributed by atoms with van der Waals surface area (Å²) in [7, 11) is 0. The second kappa shape index (κ2) is 8.97. The van der Waals surface area contributed by atoms with Crippen molar-refractivity contribution in [3.63, 3.8) is 0 Å². The summed E-state index contributed by atoms with van der Waals surface area (Å²) in [4.78, 5) is 20.4. The average Bonchev–Trinajstić information content (AvgIpc) is 2.97. The monoisotopic (exact) mass is 435 g/mol. The van der Waals surface area contributed by atoms with Gasteiger partial charge < -0.3 is 9.30 Å². The lowest BCUT2D eigenvalue weighted by molar-refractivity contribution is -0.109. The number of fused-ring (bicyclic) bond motifs is 3. The highest BCUT2D eigenvalue weighted by Gasteiger charge is 2.14. The smallest absolute Gasteiger partial charge is 0.185 e. The fraction of sp³-hybridized carbons (Fsp3) is 0.421. The van der Waals surface area contributed by atoms with E-state index in [0.717, 1.165) is 57.4 Å². The van der Waals surface area contributed by atoms with E-state index < -0.39 is 0 Å². The molecular weight excluding hydrogens is 414 g/mol. The molecule has 0 saturated heterocycles. The molecule has 0 bridgehead atoms. The Labute approximate surface area is 165 Å². The number of nitrogens with zero attached hydrogens (tertiary/aromatic N) is 3. The average molecular weight is 436 g/mol. The lowest BCUT2D eigenvalue weighted by Gasteiger charge is -2.10. The van der Waals surface area contributed by atoms with Crippen molar-refractivity contribution >= 4 is 54.7 Å². The third-order valence-electron chi connectivity index (χ3n) is 4.13. The molecule has 26 heavy (non-hydrogen) atoms. The Morgan fingerprint density at radius 3 is 2.92 bits per heavy atom. The first-order valence-electron chi connectivity index (χ1n) is 8.74. The molecule has 0 aliphatic heterocycles. The van der Waals surface area contributed by atoms with Crippen LogP contribution < -0.4 is 0 Å². The minimum atomic E-state index is 0.178. The van der Waals surface area contributed by atoms with Gasteiger partial charge in [-0.3, -0.25) is 9.78 Å². The zero-order valence-corrected chi connectivity index (χ0v) is 17.4. The van der Waals surface area contributed by atoms with Crippen molar-refractivity contribution in [3.8, 4) is 0 Å². The summed E-state index contributed by atoms with van der Waals surface area (Å²) in [6, 6.07) is 6.15. The number of hydrogen-bond donors (Lipinski definition) is 0. The molecular formula is C19H22BrN3O2S. The summed E-state index contributed by atoms with van der Waals surface area (Å²) in [6.45, 7) is 5.61. The largest absolute Gasteiger partial charge is 0.374 e. The SMILES string of the molecule is CCOCc1nc2cnc3cc(Br)ccc3c2n1CCCCSC(C)=O. The van der Waals surface area contributed by atoms with Gasteiger partial charge in [-0.05, 0) is 38.0 Å². The number of benzene rings is 1. The Balaban J connectivity index is 1.94. The van der Waals surface area contributed by atoms with Gasteiger partial charge in [-0.1, -0.05) is 27.7 Å². The standard InChI is InChI=1S/C19H22BrN3O2S/c1-3-25-12-18-22-17-11-21-16-10-14(20)6-7-15(16)19(17)23(18)8-4-5-9-26-13(2)24/h6-7,10-11H,3-5,8-9,12H2,1-2H3. The molecule has 2 aromatic heterocycles. The van der Waals surface area contributed by atoms with Gasteiger partial charge in [0.25, 0.3) is 0 Å². The van der Waals surface area contributed by atoms with Crippen LogP contribution in [-0.2, 0) is 22.7 Å². The summed E-state index contributed by atoms with van der Waals surface area (Å²) in [5.41, 5.74) is 2.95. The van der Waals surface area contributed by atoms with Gasteiger partial charge in [0.1, 0.15) is 17.9 Å². The van der Waals surface area contributed by atoms with E-state index in [9.17, 15) is 4.79 Å². The summed E-state index contributed by atoms with van der Waals surface area (Å²) in [5, 5.41) is 1.27. The van der Waals surface area contributed by atoms with E-state index in [1.807, 2.05) is 25.3 Å². The normalized spacial score (nSPS) is 11.5. The van der Waals surface area contributed by atoms with Gasteiger partial charge in [-0.25, -0.2) is 4.98 Å². The lowest BCUT2D eigenvalue weighted by atomic mass is 10.2. The molecule has 3 rings (SSSR count). The molecule has 7 heteroatoms. The van der Waals surface area contributed by atoms with Crippen LogP contribution in [0.4, 0.5) is 0 Å². The molecule has 0 radical (unpaired) electrons. The Morgan fingerprint density at radius 2 is 2.15 bits per heavy atom. The van der Waals surface area contributed by atoms with Crippen LogP contribution in [0.5, 0.6) is 0 Å². The van der Waals surface area contributed by atoms with Gasteiger partial charge in [-0.2, -0.15) is 0 Å². The summed E-state index contributed by atoms with van der Waals surface area (Å²) < 4.78 is 8.88. The molecule has 2 heterocycles. The second-order valence-corrected chi connectivity index (χ2v) is 8.20. The van der Waals surface area contributed by atoms with E-state index in [-0.39, 0.29) is 5.12 Å². The van der Waals surface area contributed by atoms with Crippen LogP contribution in [0.1, 0.15) is 32.5 Å². The van der Waals surface area contributed by atoms with E-state index in [1.165, 1.54) is 11.8 Å². The Morgan fingerprint density at radius 1 is 1.31 bits per heavy atom. The number of imidazole rings is 1. The van der Waals surface area contributed by atoms with Gasteiger partial charge in [0.15, 0.2) is 5.12 Å². The van der Waals surface area contributed by atoms with E-state index in [0.29, 0.717) is 13.2 Å². The van der Waals surface area contributed by atoms with Crippen LogP contribution in [0.2, 0.25) is 0 Å². The molecule has 3 aromatic rings. The van der Waals surface area contributed by atoms with Crippen molar-refractivity contribution in [1.82, 2.24) is 14.5 Å². The van der Waals surface area contributed by atoms with Crippen LogP contribution in [-0.4, -0.2) is 32.0 Å². The number of ether oxygens (including phenoxy) is 1. The van der Waals surface area contributed by atoms with Gasteiger partial charge in [0.2, 0.25) is 0 Å². The van der Waals surface area contributed by atoms with Crippen LogP contribution in [0.3, 0.4) is 0 Å². The number of hydrogen-bond acceptors (Lipinski definition) is 5. The molecule has 0 N–H and O–H groups in total. The first-order chi connectivity index (χ1) is 12.6. The molecule has 1 aromatic carbocycles. The highest BCUT2D eigenvalue weighted by Crippen LogP contribution is 2.27. The van der Waals surface area contributed by atoms with E-state index in [4.69, 9.17) is 9.72 Å². The maximum Gasteiger partial charge on any atom is 0.185 e. The molecule has 0 unspecified atom stereocenters. The summed E-state index contributed by atoms with van der Waals surface area (Å²) in [6.07, 6.45) is 3.82. The molecule has 5 nitrogen and oxygen atoms in total. The molecule has 0 spiro atoms. The van der Waals surface area contributed by atoms with Crippen LogP contribution in [0.25, 0.3) is 21.9 Å². The van der Waals surface area contributed by atoms with E-state index in [2.05, 4.69) is 31.5 Å². The third-order valence-corrected chi connectivity index (χ3v) is 5.52. The van der Waals surface area contributed by atoms with E-state index >= 15 is 0 Å². The molecule has 0 aliphatic carbocycles. The Bertz CT molecular complexity index is 926. The van der Waals surface area contributed by atoms with Gasteiger partial charge in [0.05, 0.1) is 17.2 Å². The predicted octanol–water partition coefficient (Wildman–Crippen LogP) is 4.94. The number of aryl methyl sites for hydroxylation is 1. The van der Waals surface area contributed by atoms with Gasteiger partial charge in [0, 0.05) is 35.7 Å². The van der Waals surface area contributed by atoms with Crippen LogP contribution in [0, 0.1) is 0 Å². The number of aromatic nitrogens is 3. The highest BCUT2D eigenvalue weighted by molar-refractivity contribution is 9.10. The van der Waals surface area contributed by atoms with Crippen molar-refractivity contribution in [2.45, 2.75) is 39.8 Å². The number of rotatable bonds is 8. The number of unbranched alkanes of at least 4 members (excludes halogenated alkanes) is 1. The summed E-state index contributed by atoms with van der Waals surface area (Å²) >= 11 is 4.90. The van der Waals surface area contributed by atoms with Crippen LogP contribution >= 0.6 is 27.7 Å². The lowest BCUT2D eigenvalue weighted by Crippen LogP contribution is -2.07. The Hall–Kier alpha value is -1.44. The van der Waals surface area contributed by atoms with Crippen molar-refractivity contribution in [3.05, 3.63) is 34.7 Å². The topological polar surface area (TPSA) is 57.0 Å². The maximum absolute atomic E-state index is 11.1. The molecule has 0 saturated carbocycles. The van der Waals surface area contributed by atoms with Gasteiger partial charge >= 0.3 is 0 Å². The number of halogens is 1. The number of carbonyl (C=O) groups excluding carboxylic acids is 1. The molecule has 0 atom stereocenters. The zero-order chi connectivity index (χ0) is 18.5. The molecule has 138 valence electrons. The fourth-order valence-electron chi connectivity index (χ4n) is 2.97. The highest BCUT2D eigenvalue weighted by atomic mass is 79.9. The minimum absolute atomic E-state index is 0.178. The zero-order valence-electron chi connectivity index (χ0n) is 15.0. The quantitative estimate of drug-likeness (QED) is 0.468.